The van der Waals surface area contributed by atoms with Gasteiger partial charge in [-0.25, -0.2) is 0 Å². The van der Waals surface area contributed by atoms with Crippen LogP contribution in [0.15, 0.2) is 0 Å². The molecule has 0 aliphatic heterocycles. The molecule has 0 aromatic heterocycles. The molecule has 0 aromatic rings. The van der Waals surface area contributed by atoms with Gasteiger partial charge in [0.2, 0.25) is 5.91 Å². The molecule has 0 saturated carbocycles. The van der Waals surface area contributed by atoms with Crippen LogP contribution >= 0.6 is 0 Å². The van der Waals surface area contributed by atoms with E-state index in [1.54, 1.807) is 14.0 Å². The average molecular weight is 246 g/mol. The van der Waals surface area contributed by atoms with Crippen molar-refractivity contribution >= 4 is 5.91 Å². The summed E-state index contributed by atoms with van der Waals surface area (Å²) < 4.78 is 4.89. The molecule has 0 aliphatic rings. The monoisotopic (exact) mass is 246 g/mol. The fraction of sp³-hybridized carbons (Fsp3) is 0.917. The molecule has 5 nitrogen and oxygen atoms in total. The smallest absolute Gasteiger partial charge is 0.237 e. The van der Waals surface area contributed by atoms with Crippen LogP contribution in [-0.4, -0.2) is 42.9 Å². The number of carbonyl (C=O) groups excluding carboxylic acids is 1. The molecular weight excluding hydrogens is 220 g/mol. The fourth-order valence-electron chi connectivity index (χ4n) is 1.43. The van der Waals surface area contributed by atoms with Gasteiger partial charge in [-0.05, 0) is 19.3 Å². The molecular formula is C12H26N2O3. The standard InChI is InChI=1S/C12H26N2O3/c1-9(2)7-10(13)11(15)14-8-12(3,16)5-6-17-4/h9-10,16H,5-8,13H2,1-4H3,(H,14,15)/t10-,12?/m0/s1. The van der Waals surface area contributed by atoms with Crippen LogP contribution < -0.4 is 11.1 Å². The second-order valence-electron chi connectivity index (χ2n) is 5.19. The summed E-state index contributed by atoms with van der Waals surface area (Å²) in [4.78, 5) is 11.6. The molecule has 1 unspecified atom stereocenters. The van der Waals surface area contributed by atoms with Gasteiger partial charge in [-0.15, -0.1) is 0 Å². The number of hydrogen-bond acceptors (Lipinski definition) is 4. The van der Waals surface area contributed by atoms with Crippen molar-refractivity contribution in [3.63, 3.8) is 0 Å². The number of methoxy groups -OCH3 is 1. The van der Waals surface area contributed by atoms with Crippen molar-refractivity contribution in [1.29, 1.82) is 0 Å². The van der Waals surface area contributed by atoms with Crippen molar-refractivity contribution in [3.8, 4) is 0 Å². The van der Waals surface area contributed by atoms with Crippen LogP contribution in [-0.2, 0) is 9.53 Å². The van der Waals surface area contributed by atoms with E-state index in [-0.39, 0.29) is 12.5 Å². The lowest BCUT2D eigenvalue weighted by Gasteiger charge is -2.24. The summed E-state index contributed by atoms with van der Waals surface area (Å²) in [7, 11) is 1.58. The third-order valence-corrected chi connectivity index (χ3v) is 2.55. The number of amides is 1. The normalized spacial score (nSPS) is 16.6. The minimum absolute atomic E-state index is 0.195. The number of carbonyl (C=O) groups is 1. The van der Waals surface area contributed by atoms with Gasteiger partial charge in [0.25, 0.3) is 0 Å². The maximum Gasteiger partial charge on any atom is 0.237 e. The van der Waals surface area contributed by atoms with E-state index in [1.165, 1.54) is 0 Å². The van der Waals surface area contributed by atoms with E-state index in [4.69, 9.17) is 10.5 Å². The highest BCUT2D eigenvalue weighted by molar-refractivity contribution is 5.81. The first-order valence-electron chi connectivity index (χ1n) is 6.03. The maximum atomic E-state index is 11.6. The zero-order valence-corrected chi connectivity index (χ0v) is 11.3. The zero-order valence-electron chi connectivity index (χ0n) is 11.3. The minimum Gasteiger partial charge on any atom is -0.388 e. The summed E-state index contributed by atoms with van der Waals surface area (Å²) in [5, 5.41) is 12.6. The van der Waals surface area contributed by atoms with E-state index >= 15 is 0 Å². The van der Waals surface area contributed by atoms with Gasteiger partial charge >= 0.3 is 0 Å². The topological polar surface area (TPSA) is 84.6 Å². The van der Waals surface area contributed by atoms with Gasteiger partial charge in [0.15, 0.2) is 0 Å². The number of ether oxygens (including phenoxy) is 1. The van der Waals surface area contributed by atoms with E-state index in [9.17, 15) is 9.90 Å². The summed E-state index contributed by atoms with van der Waals surface area (Å²) in [5.74, 6) is 0.168. The van der Waals surface area contributed by atoms with E-state index in [1.807, 2.05) is 13.8 Å². The Balaban J connectivity index is 3.97. The molecule has 0 bridgehead atoms. The van der Waals surface area contributed by atoms with Crippen LogP contribution in [0.5, 0.6) is 0 Å². The first-order chi connectivity index (χ1) is 7.78. The van der Waals surface area contributed by atoms with Gasteiger partial charge in [0, 0.05) is 26.7 Å². The molecule has 1 amide bonds. The molecule has 0 fully saturated rings. The van der Waals surface area contributed by atoms with Gasteiger partial charge < -0.3 is 20.9 Å². The molecule has 0 spiro atoms. The Labute approximate surface area is 104 Å². The van der Waals surface area contributed by atoms with Crippen molar-refractivity contribution in [2.75, 3.05) is 20.3 Å². The zero-order chi connectivity index (χ0) is 13.5. The number of hydrogen-bond donors (Lipinski definition) is 3. The SMILES string of the molecule is COCCC(C)(O)CNC(=O)[C@@H](N)CC(C)C. The first kappa shape index (κ1) is 16.4. The lowest BCUT2D eigenvalue weighted by atomic mass is 10.0. The van der Waals surface area contributed by atoms with Gasteiger partial charge in [0.05, 0.1) is 11.6 Å². The Hall–Kier alpha value is -0.650. The van der Waals surface area contributed by atoms with Crippen LogP contribution in [0.25, 0.3) is 0 Å². The summed E-state index contributed by atoms with van der Waals surface area (Å²) >= 11 is 0. The number of aliphatic hydroxyl groups is 1. The second-order valence-corrected chi connectivity index (χ2v) is 5.19. The van der Waals surface area contributed by atoms with Crippen LogP contribution in [0.4, 0.5) is 0 Å². The van der Waals surface area contributed by atoms with Crippen molar-refractivity contribution < 1.29 is 14.6 Å². The fourth-order valence-corrected chi connectivity index (χ4v) is 1.43. The Morgan fingerprint density at radius 2 is 2.12 bits per heavy atom. The Morgan fingerprint density at radius 3 is 2.59 bits per heavy atom. The van der Waals surface area contributed by atoms with Crippen molar-refractivity contribution in [1.82, 2.24) is 5.32 Å². The van der Waals surface area contributed by atoms with Crippen LogP contribution in [0, 0.1) is 5.92 Å². The Bertz CT molecular complexity index is 230. The maximum absolute atomic E-state index is 11.6. The molecule has 2 atom stereocenters. The lowest BCUT2D eigenvalue weighted by molar-refractivity contribution is -0.124. The van der Waals surface area contributed by atoms with Crippen LogP contribution in [0.2, 0.25) is 0 Å². The van der Waals surface area contributed by atoms with Gasteiger partial charge in [0.1, 0.15) is 0 Å². The third kappa shape index (κ3) is 8.12. The average Bonchev–Trinajstić information content (AvgIpc) is 2.22. The highest BCUT2D eigenvalue weighted by Crippen LogP contribution is 2.08. The molecule has 0 rings (SSSR count). The molecule has 5 heteroatoms. The molecule has 4 N–H and O–H groups in total. The first-order valence-corrected chi connectivity index (χ1v) is 6.03. The van der Waals surface area contributed by atoms with Gasteiger partial charge in [-0.2, -0.15) is 0 Å². The van der Waals surface area contributed by atoms with Crippen molar-refractivity contribution in [2.45, 2.75) is 45.3 Å². The largest absolute Gasteiger partial charge is 0.388 e. The van der Waals surface area contributed by atoms with E-state index < -0.39 is 11.6 Å². The molecule has 0 heterocycles. The van der Waals surface area contributed by atoms with Crippen molar-refractivity contribution in [2.24, 2.45) is 11.7 Å². The molecule has 0 radical (unpaired) electrons. The number of nitrogens with one attached hydrogen (secondary N) is 1. The van der Waals surface area contributed by atoms with Gasteiger partial charge in [-0.3, -0.25) is 4.79 Å². The highest BCUT2D eigenvalue weighted by Gasteiger charge is 2.22. The molecule has 102 valence electrons. The summed E-state index contributed by atoms with van der Waals surface area (Å²) in [6.45, 7) is 6.35. The van der Waals surface area contributed by atoms with E-state index in [2.05, 4.69) is 5.32 Å². The van der Waals surface area contributed by atoms with Gasteiger partial charge in [-0.1, -0.05) is 13.8 Å². The molecule has 17 heavy (non-hydrogen) atoms. The molecule has 0 aliphatic carbocycles. The lowest BCUT2D eigenvalue weighted by Crippen LogP contribution is -2.47. The highest BCUT2D eigenvalue weighted by atomic mass is 16.5. The predicted octanol–water partition coefficient (Wildman–Crippen LogP) is 0.264. The summed E-state index contributed by atoms with van der Waals surface area (Å²) in [6.07, 6.45) is 1.12. The quantitative estimate of drug-likeness (QED) is 0.573. The molecule has 0 saturated heterocycles. The molecule has 0 aromatic carbocycles. The Morgan fingerprint density at radius 1 is 1.53 bits per heavy atom. The van der Waals surface area contributed by atoms with Crippen LogP contribution in [0.3, 0.4) is 0 Å². The number of nitrogens with two attached hydrogens (primary N) is 1. The second kappa shape index (κ2) is 7.63. The van der Waals surface area contributed by atoms with Crippen molar-refractivity contribution in [3.05, 3.63) is 0 Å². The summed E-state index contributed by atoms with van der Waals surface area (Å²) in [5.41, 5.74) is 4.77. The van der Waals surface area contributed by atoms with E-state index in [0.717, 1.165) is 0 Å². The number of rotatable bonds is 8. The predicted molar refractivity (Wildman–Crippen MR) is 67.6 cm³/mol. The van der Waals surface area contributed by atoms with E-state index in [0.29, 0.717) is 25.4 Å². The van der Waals surface area contributed by atoms with Crippen LogP contribution in [0.1, 0.15) is 33.6 Å². The minimum atomic E-state index is -0.955. The summed E-state index contributed by atoms with van der Waals surface area (Å²) in [6, 6.07) is -0.506. The Kier molecular flexibility index (Phi) is 7.34. The third-order valence-electron chi connectivity index (χ3n) is 2.55.